The zero-order valence-corrected chi connectivity index (χ0v) is 11.4. The largest absolute Gasteiger partial charge is 0.545 e. The molecule has 0 aliphatic rings. The number of aryl methyl sites for hydroxylation is 1. The minimum absolute atomic E-state index is 0.0979. The van der Waals surface area contributed by atoms with Gasteiger partial charge in [-0.2, -0.15) is 8.42 Å². The van der Waals surface area contributed by atoms with Gasteiger partial charge >= 0.3 is 10.1 Å². The molecule has 0 heterocycles. The van der Waals surface area contributed by atoms with E-state index in [2.05, 4.69) is 0 Å². The monoisotopic (exact) mass is 291 g/mol. The molecule has 6 heteroatoms. The molecule has 0 atom stereocenters. The van der Waals surface area contributed by atoms with Crippen molar-refractivity contribution in [3.63, 3.8) is 0 Å². The molecule has 0 fully saturated rings. The number of carboxylic acid groups (broad SMARTS) is 1. The maximum Gasteiger partial charge on any atom is 0.339 e. The molecular formula is C14H11O5S-. The summed E-state index contributed by atoms with van der Waals surface area (Å²) in [6.07, 6.45) is 0. The first-order chi connectivity index (χ1) is 9.38. The van der Waals surface area contributed by atoms with Crippen molar-refractivity contribution in [1.29, 1.82) is 0 Å². The molecular weight excluding hydrogens is 280 g/mol. The summed E-state index contributed by atoms with van der Waals surface area (Å²) in [4.78, 5) is 10.5. The second-order valence-corrected chi connectivity index (χ2v) is 5.71. The topological polar surface area (TPSA) is 83.5 Å². The summed E-state index contributed by atoms with van der Waals surface area (Å²) in [5.74, 6) is -1.17. The lowest BCUT2D eigenvalue weighted by Gasteiger charge is -2.08. The second kappa shape index (κ2) is 5.34. The molecule has 0 spiro atoms. The molecule has 20 heavy (non-hydrogen) atoms. The molecule has 0 aliphatic heterocycles. The lowest BCUT2D eigenvalue weighted by Crippen LogP contribution is -2.22. The Labute approximate surface area is 116 Å². The van der Waals surface area contributed by atoms with Crippen molar-refractivity contribution < 1.29 is 22.5 Å². The van der Waals surface area contributed by atoms with E-state index in [0.29, 0.717) is 0 Å². The average molecular weight is 291 g/mol. The van der Waals surface area contributed by atoms with E-state index in [0.717, 1.165) is 29.8 Å². The molecule has 2 aromatic carbocycles. The molecule has 0 saturated heterocycles. The van der Waals surface area contributed by atoms with Crippen LogP contribution in [0.3, 0.4) is 0 Å². The van der Waals surface area contributed by atoms with Crippen LogP contribution in [0.1, 0.15) is 15.9 Å². The number of aromatic carboxylic acids is 1. The molecule has 0 saturated carbocycles. The Kier molecular flexibility index (Phi) is 3.76. The fourth-order valence-electron chi connectivity index (χ4n) is 1.53. The highest BCUT2D eigenvalue weighted by Crippen LogP contribution is 2.19. The Bertz CT molecular complexity index is 715. The van der Waals surface area contributed by atoms with Crippen LogP contribution < -0.4 is 9.29 Å². The predicted octanol–water partition coefficient (Wildman–Crippen LogP) is 1.13. The Balaban J connectivity index is 2.26. The number of benzene rings is 2. The van der Waals surface area contributed by atoms with Gasteiger partial charge in [0.2, 0.25) is 0 Å². The van der Waals surface area contributed by atoms with Crippen LogP contribution in [0.2, 0.25) is 0 Å². The van der Waals surface area contributed by atoms with E-state index in [1.54, 1.807) is 24.3 Å². The van der Waals surface area contributed by atoms with Gasteiger partial charge in [0.1, 0.15) is 10.6 Å². The Morgan fingerprint density at radius 1 is 1.00 bits per heavy atom. The van der Waals surface area contributed by atoms with Gasteiger partial charge in [-0.1, -0.05) is 29.8 Å². The maximum atomic E-state index is 12.0. The lowest BCUT2D eigenvalue weighted by molar-refractivity contribution is -0.255. The van der Waals surface area contributed by atoms with Crippen LogP contribution in [0.15, 0.2) is 53.4 Å². The van der Waals surface area contributed by atoms with Gasteiger partial charge in [0, 0.05) is 0 Å². The normalized spacial score (nSPS) is 11.1. The average Bonchev–Trinajstić information content (AvgIpc) is 2.41. The minimum atomic E-state index is -3.98. The van der Waals surface area contributed by atoms with E-state index < -0.39 is 16.1 Å². The van der Waals surface area contributed by atoms with Crippen LogP contribution in [-0.4, -0.2) is 14.4 Å². The standard InChI is InChI=1S/C14H12O5S/c1-10-2-6-12(7-3-10)19-20(17,18)13-8-4-11(5-9-13)14(15)16/h2-9H,1H3,(H,15,16)/p-1. The molecule has 2 aromatic rings. The molecule has 0 N–H and O–H groups in total. The van der Waals surface area contributed by atoms with Crippen LogP contribution in [-0.2, 0) is 10.1 Å². The highest BCUT2D eigenvalue weighted by atomic mass is 32.2. The molecule has 0 unspecified atom stereocenters. The zero-order valence-electron chi connectivity index (χ0n) is 10.6. The number of carboxylic acids is 1. The van der Waals surface area contributed by atoms with E-state index >= 15 is 0 Å². The predicted molar refractivity (Wildman–Crippen MR) is 69.8 cm³/mol. The third-order valence-corrected chi connectivity index (χ3v) is 3.87. The van der Waals surface area contributed by atoms with E-state index in [-0.39, 0.29) is 16.2 Å². The summed E-state index contributed by atoms with van der Waals surface area (Å²) in [5.41, 5.74) is 0.882. The summed E-state index contributed by atoms with van der Waals surface area (Å²) in [5, 5.41) is 10.6. The maximum absolute atomic E-state index is 12.0. The number of carbonyl (C=O) groups excluding carboxylic acids is 1. The summed E-state index contributed by atoms with van der Waals surface area (Å²) in [6.45, 7) is 1.87. The van der Waals surface area contributed by atoms with Crippen molar-refractivity contribution in [2.75, 3.05) is 0 Å². The first-order valence-corrected chi connectivity index (χ1v) is 7.12. The number of hydrogen-bond acceptors (Lipinski definition) is 5. The molecule has 0 aliphatic carbocycles. The van der Waals surface area contributed by atoms with E-state index in [1.807, 2.05) is 6.92 Å². The van der Waals surface area contributed by atoms with Crippen molar-refractivity contribution in [2.24, 2.45) is 0 Å². The smallest absolute Gasteiger partial charge is 0.339 e. The van der Waals surface area contributed by atoms with Gasteiger partial charge in [-0.25, -0.2) is 0 Å². The van der Waals surface area contributed by atoms with Gasteiger partial charge in [-0.05, 0) is 36.8 Å². The summed E-state index contributed by atoms with van der Waals surface area (Å²) in [6, 6.07) is 11.2. The van der Waals surface area contributed by atoms with Gasteiger partial charge in [0.25, 0.3) is 0 Å². The Hall–Kier alpha value is -2.34. The van der Waals surface area contributed by atoms with Crippen LogP contribution in [0, 0.1) is 6.92 Å². The number of rotatable bonds is 4. The lowest BCUT2D eigenvalue weighted by atomic mass is 10.2. The van der Waals surface area contributed by atoms with Crippen LogP contribution in [0.25, 0.3) is 0 Å². The van der Waals surface area contributed by atoms with Gasteiger partial charge in [-0.3, -0.25) is 0 Å². The first kappa shape index (κ1) is 14.1. The molecule has 0 amide bonds. The SMILES string of the molecule is Cc1ccc(OS(=O)(=O)c2ccc(C(=O)[O-])cc2)cc1. The van der Waals surface area contributed by atoms with Crippen molar-refractivity contribution in [3.8, 4) is 5.75 Å². The summed E-state index contributed by atoms with van der Waals surface area (Å²) >= 11 is 0. The van der Waals surface area contributed by atoms with E-state index in [4.69, 9.17) is 4.18 Å². The van der Waals surface area contributed by atoms with Crippen molar-refractivity contribution in [2.45, 2.75) is 11.8 Å². The fraction of sp³-hybridized carbons (Fsp3) is 0.0714. The van der Waals surface area contributed by atoms with Crippen LogP contribution in [0.4, 0.5) is 0 Å². The highest BCUT2D eigenvalue weighted by molar-refractivity contribution is 7.87. The zero-order chi connectivity index (χ0) is 14.8. The van der Waals surface area contributed by atoms with Gasteiger partial charge in [-0.15, -0.1) is 0 Å². The number of hydrogen-bond donors (Lipinski definition) is 0. The highest BCUT2D eigenvalue weighted by Gasteiger charge is 2.16. The van der Waals surface area contributed by atoms with Gasteiger partial charge in [0.05, 0.1) is 5.97 Å². The quantitative estimate of drug-likeness (QED) is 0.788. The fourth-order valence-corrected chi connectivity index (χ4v) is 2.46. The first-order valence-electron chi connectivity index (χ1n) is 5.71. The van der Waals surface area contributed by atoms with Gasteiger partial charge in [0.15, 0.2) is 0 Å². The van der Waals surface area contributed by atoms with E-state index in [9.17, 15) is 18.3 Å². The summed E-state index contributed by atoms with van der Waals surface area (Å²) in [7, 11) is -3.98. The van der Waals surface area contributed by atoms with Crippen LogP contribution in [0.5, 0.6) is 5.75 Å². The van der Waals surface area contributed by atoms with Crippen molar-refractivity contribution in [3.05, 3.63) is 59.7 Å². The van der Waals surface area contributed by atoms with Gasteiger partial charge < -0.3 is 14.1 Å². The Morgan fingerprint density at radius 2 is 1.55 bits per heavy atom. The molecule has 2 rings (SSSR count). The van der Waals surface area contributed by atoms with Crippen molar-refractivity contribution >= 4 is 16.1 Å². The molecule has 104 valence electrons. The third kappa shape index (κ3) is 3.16. The minimum Gasteiger partial charge on any atom is -0.545 e. The third-order valence-electron chi connectivity index (χ3n) is 2.61. The number of carbonyl (C=O) groups is 1. The molecule has 0 radical (unpaired) electrons. The molecule has 5 nitrogen and oxygen atoms in total. The second-order valence-electron chi connectivity index (χ2n) is 4.16. The van der Waals surface area contributed by atoms with Crippen molar-refractivity contribution in [1.82, 2.24) is 0 Å². The Morgan fingerprint density at radius 3 is 2.05 bits per heavy atom. The molecule has 0 bridgehead atoms. The summed E-state index contributed by atoms with van der Waals surface area (Å²) < 4.78 is 28.9. The van der Waals surface area contributed by atoms with E-state index in [1.165, 1.54) is 0 Å². The van der Waals surface area contributed by atoms with Crippen LogP contribution >= 0.6 is 0 Å². The molecule has 0 aromatic heterocycles.